The van der Waals surface area contributed by atoms with Crippen molar-refractivity contribution in [3.05, 3.63) is 56.7 Å². The predicted molar refractivity (Wildman–Crippen MR) is 124 cm³/mol. The minimum atomic E-state index is -0.428. The molecule has 0 spiro atoms. The quantitative estimate of drug-likeness (QED) is 0.598. The maximum atomic E-state index is 12.7. The summed E-state index contributed by atoms with van der Waals surface area (Å²) in [4.78, 5) is 36.8. The van der Waals surface area contributed by atoms with Crippen molar-refractivity contribution in [2.75, 3.05) is 37.6 Å². The zero-order valence-electron chi connectivity index (χ0n) is 18.5. The summed E-state index contributed by atoms with van der Waals surface area (Å²) < 4.78 is 3.45. The highest BCUT2D eigenvalue weighted by Gasteiger charge is 2.24. The molecular weight excluding hydrogens is 392 g/mol. The molecule has 0 radical (unpaired) electrons. The molecule has 8 nitrogen and oxygen atoms in total. The molecule has 4 rings (SSSR count). The summed E-state index contributed by atoms with van der Waals surface area (Å²) in [6, 6.07) is 10.4. The summed E-state index contributed by atoms with van der Waals surface area (Å²) >= 11 is 0. The largest absolute Gasteiger partial charge is 0.340 e. The molecule has 0 amide bonds. The Balaban J connectivity index is 1.61. The molecule has 31 heavy (non-hydrogen) atoms. The first-order valence-electron chi connectivity index (χ1n) is 11.3. The van der Waals surface area contributed by atoms with Gasteiger partial charge in [0.2, 0.25) is 5.95 Å². The van der Waals surface area contributed by atoms with Crippen LogP contribution in [-0.2, 0) is 20.0 Å². The Bertz CT molecular complexity index is 1120. The average Bonchev–Trinajstić information content (AvgIpc) is 3.17. The van der Waals surface area contributed by atoms with Crippen molar-refractivity contribution < 1.29 is 0 Å². The maximum Gasteiger partial charge on any atom is 0.329 e. The van der Waals surface area contributed by atoms with Crippen LogP contribution in [0.4, 0.5) is 5.95 Å². The van der Waals surface area contributed by atoms with E-state index >= 15 is 0 Å². The lowest BCUT2D eigenvalue weighted by molar-refractivity contribution is 0.252. The first kappa shape index (κ1) is 21.4. The van der Waals surface area contributed by atoms with Gasteiger partial charge in [-0.3, -0.25) is 19.2 Å². The van der Waals surface area contributed by atoms with E-state index in [9.17, 15) is 9.59 Å². The number of aromatic amines is 1. The van der Waals surface area contributed by atoms with E-state index in [-0.39, 0.29) is 5.56 Å². The minimum absolute atomic E-state index is 0.363. The molecule has 2 aromatic heterocycles. The molecule has 0 unspecified atom stereocenters. The van der Waals surface area contributed by atoms with Crippen molar-refractivity contribution in [3.63, 3.8) is 0 Å². The fourth-order valence-corrected chi connectivity index (χ4v) is 4.32. The Morgan fingerprint density at radius 3 is 2.45 bits per heavy atom. The third-order valence-corrected chi connectivity index (χ3v) is 6.16. The highest BCUT2D eigenvalue weighted by Crippen LogP contribution is 2.22. The lowest BCUT2D eigenvalue weighted by Crippen LogP contribution is -2.47. The highest BCUT2D eigenvalue weighted by atomic mass is 16.2. The summed E-state index contributed by atoms with van der Waals surface area (Å²) in [6.45, 7) is 7.75. The van der Waals surface area contributed by atoms with Crippen molar-refractivity contribution in [3.8, 4) is 0 Å². The number of rotatable bonds is 8. The molecule has 1 saturated heterocycles. The molecule has 1 aromatic carbocycles. The van der Waals surface area contributed by atoms with Crippen LogP contribution in [0.5, 0.6) is 0 Å². The number of nitrogens with zero attached hydrogens (tertiary/aromatic N) is 5. The molecule has 8 heteroatoms. The standard InChI is InChI=1S/C23H32N6O2/c1-3-4-12-27-14-16-28(17-15-27)22-24-20-19(21(30)25-23(31)26(20)2)29(22)13-8-11-18-9-6-5-7-10-18/h5-7,9-10H,3-4,8,11-17H2,1-2H3,(H,25,30,31). The molecule has 0 bridgehead atoms. The monoisotopic (exact) mass is 424 g/mol. The van der Waals surface area contributed by atoms with Crippen molar-refractivity contribution in [2.24, 2.45) is 7.05 Å². The number of aromatic nitrogens is 4. The number of H-pyrrole nitrogens is 1. The second kappa shape index (κ2) is 9.51. The average molecular weight is 425 g/mol. The van der Waals surface area contributed by atoms with Crippen LogP contribution >= 0.6 is 0 Å². The van der Waals surface area contributed by atoms with Crippen LogP contribution in [0.15, 0.2) is 39.9 Å². The van der Waals surface area contributed by atoms with E-state index < -0.39 is 5.69 Å². The first-order valence-corrected chi connectivity index (χ1v) is 11.3. The van der Waals surface area contributed by atoms with E-state index in [4.69, 9.17) is 4.98 Å². The Morgan fingerprint density at radius 1 is 1.00 bits per heavy atom. The minimum Gasteiger partial charge on any atom is -0.340 e. The number of benzene rings is 1. The summed E-state index contributed by atoms with van der Waals surface area (Å²) in [5.74, 6) is 0.796. The molecule has 0 atom stereocenters. The van der Waals surface area contributed by atoms with Crippen LogP contribution in [0.3, 0.4) is 0 Å². The van der Waals surface area contributed by atoms with Crippen molar-refractivity contribution in [1.82, 2.24) is 24.0 Å². The van der Waals surface area contributed by atoms with Gasteiger partial charge in [0.05, 0.1) is 0 Å². The number of nitrogens with one attached hydrogen (secondary N) is 1. The molecule has 1 fully saturated rings. The third kappa shape index (κ3) is 4.58. The van der Waals surface area contributed by atoms with Gasteiger partial charge >= 0.3 is 5.69 Å². The SMILES string of the molecule is CCCCN1CCN(c2nc3c(c(=O)[nH]c(=O)n3C)n2CCCc2ccccc2)CC1. The van der Waals surface area contributed by atoms with Gasteiger partial charge in [0.25, 0.3) is 5.56 Å². The van der Waals surface area contributed by atoms with Gasteiger partial charge in [-0.1, -0.05) is 43.7 Å². The smallest absolute Gasteiger partial charge is 0.329 e. The van der Waals surface area contributed by atoms with Crippen LogP contribution < -0.4 is 16.1 Å². The molecule has 1 aliphatic heterocycles. The zero-order chi connectivity index (χ0) is 21.8. The number of hydrogen-bond acceptors (Lipinski definition) is 5. The molecular formula is C23H32N6O2. The van der Waals surface area contributed by atoms with Gasteiger partial charge in [-0.25, -0.2) is 4.79 Å². The number of unbranched alkanes of at least 4 members (excludes halogenated alkanes) is 1. The molecule has 0 aliphatic carbocycles. The van der Waals surface area contributed by atoms with Gasteiger partial charge < -0.3 is 9.47 Å². The number of aryl methyl sites for hydroxylation is 3. The molecule has 0 saturated carbocycles. The summed E-state index contributed by atoms with van der Waals surface area (Å²) in [5.41, 5.74) is 1.43. The zero-order valence-corrected chi connectivity index (χ0v) is 18.5. The number of piperazine rings is 1. The second-order valence-corrected chi connectivity index (χ2v) is 8.33. The van der Waals surface area contributed by atoms with E-state index in [2.05, 4.69) is 33.8 Å². The molecule has 3 heterocycles. The Morgan fingerprint density at radius 2 is 1.74 bits per heavy atom. The third-order valence-electron chi connectivity index (χ3n) is 6.16. The highest BCUT2D eigenvalue weighted by molar-refractivity contribution is 5.74. The lowest BCUT2D eigenvalue weighted by Gasteiger charge is -2.35. The molecule has 1 aliphatic rings. The summed E-state index contributed by atoms with van der Waals surface area (Å²) in [5, 5.41) is 0. The number of hydrogen-bond donors (Lipinski definition) is 1. The van der Waals surface area contributed by atoms with Crippen LogP contribution in [0.2, 0.25) is 0 Å². The summed E-state index contributed by atoms with van der Waals surface area (Å²) in [6.07, 6.45) is 4.24. The van der Waals surface area contributed by atoms with E-state index in [1.165, 1.54) is 23.0 Å². The van der Waals surface area contributed by atoms with E-state index in [0.717, 1.165) is 51.5 Å². The fraction of sp³-hybridized carbons (Fsp3) is 0.522. The van der Waals surface area contributed by atoms with E-state index in [1.54, 1.807) is 7.05 Å². The van der Waals surface area contributed by atoms with Crippen molar-refractivity contribution in [1.29, 1.82) is 0 Å². The topological polar surface area (TPSA) is 79.2 Å². The fourth-order valence-electron chi connectivity index (χ4n) is 4.32. The van der Waals surface area contributed by atoms with Gasteiger partial charge in [0.15, 0.2) is 11.2 Å². The van der Waals surface area contributed by atoms with Crippen molar-refractivity contribution in [2.45, 2.75) is 39.2 Å². The Kier molecular flexibility index (Phi) is 6.56. The van der Waals surface area contributed by atoms with Crippen LogP contribution in [0.25, 0.3) is 11.2 Å². The van der Waals surface area contributed by atoms with Crippen molar-refractivity contribution >= 4 is 17.1 Å². The second-order valence-electron chi connectivity index (χ2n) is 8.33. The lowest BCUT2D eigenvalue weighted by atomic mass is 10.1. The van der Waals surface area contributed by atoms with Gasteiger partial charge in [0.1, 0.15) is 0 Å². The number of imidazole rings is 1. The van der Waals surface area contributed by atoms with Crippen LogP contribution in [-0.4, -0.2) is 56.7 Å². The van der Waals surface area contributed by atoms with Crippen LogP contribution in [0.1, 0.15) is 31.7 Å². The molecule has 3 aromatic rings. The predicted octanol–water partition coefficient (Wildman–Crippen LogP) is 1.98. The first-order chi connectivity index (χ1) is 15.1. The Hall–Kier alpha value is -2.87. The molecule has 166 valence electrons. The normalized spacial score (nSPS) is 15.1. The van der Waals surface area contributed by atoms with Gasteiger partial charge in [-0.15, -0.1) is 0 Å². The van der Waals surface area contributed by atoms with Gasteiger partial charge in [-0.05, 0) is 31.4 Å². The number of anilines is 1. The summed E-state index contributed by atoms with van der Waals surface area (Å²) in [7, 11) is 1.66. The van der Waals surface area contributed by atoms with Gasteiger partial charge in [-0.2, -0.15) is 4.98 Å². The van der Waals surface area contributed by atoms with E-state index in [0.29, 0.717) is 17.7 Å². The molecule has 1 N–H and O–H groups in total. The van der Waals surface area contributed by atoms with Gasteiger partial charge in [0, 0.05) is 39.8 Å². The number of fused-ring (bicyclic) bond motifs is 1. The van der Waals surface area contributed by atoms with Crippen LogP contribution in [0, 0.1) is 0 Å². The Labute approximate surface area is 182 Å². The maximum absolute atomic E-state index is 12.7. The van der Waals surface area contributed by atoms with E-state index in [1.807, 2.05) is 22.8 Å².